The van der Waals surface area contributed by atoms with Gasteiger partial charge in [0, 0.05) is 29.7 Å². The number of benzene rings is 1. The van der Waals surface area contributed by atoms with E-state index < -0.39 is 0 Å². The van der Waals surface area contributed by atoms with Crippen molar-refractivity contribution in [3.8, 4) is 0 Å². The molecule has 1 aromatic carbocycles. The maximum atomic E-state index is 3.59. The number of rotatable bonds is 4. The SMILES string of the molecule is CCCCCN1CCc2c([nH]c3ccccc23)C1. The van der Waals surface area contributed by atoms with E-state index in [9.17, 15) is 0 Å². The molecule has 0 unspecified atom stereocenters. The Morgan fingerprint density at radius 3 is 3.00 bits per heavy atom. The summed E-state index contributed by atoms with van der Waals surface area (Å²) in [6, 6.07) is 8.69. The first-order valence-electron chi connectivity index (χ1n) is 7.19. The molecule has 0 atom stereocenters. The third-order valence-electron chi connectivity index (χ3n) is 4.04. The van der Waals surface area contributed by atoms with Crippen molar-refractivity contribution < 1.29 is 0 Å². The Balaban J connectivity index is 1.76. The molecule has 0 saturated carbocycles. The zero-order valence-electron chi connectivity index (χ0n) is 11.2. The van der Waals surface area contributed by atoms with Crippen LogP contribution in [0.3, 0.4) is 0 Å². The minimum atomic E-state index is 1.10. The summed E-state index contributed by atoms with van der Waals surface area (Å²) in [5.41, 5.74) is 4.30. The standard InChI is InChI=1S/C16H22N2/c1-2-3-6-10-18-11-9-14-13-7-4-5-8-15(13)17-16(14)12-18/h4-5,7-8,17H,2-3,6,9-12H2,1H3. The number of H-pyrrole nitrogens is 1. The van der Waals surface area contributed by atoms with Gasteiger partial charge < -0.3 is 4.98 Å². The van der Waals surface area contributed by atoms with Gasteiger partial charge in [0.1, 0.15) is 0 Å². The van der Waals surface area contributed by atoms with Gasteiger partial charge in [0.05, 0.1) is 0 Å². The van der Waals surface area contributed by atoms with Gasteiger partial charge in [0.25, 0.3) is 0 Å². The highest BCUT2D eigenvalue weighted by Gasteiger charge is 2.19. The third kappa shape index (κ3) is 2.17. The first-order chi connectivity index (χ1) is 8.88. The summed E-state index contributed by atoms with van der Waals surface area (Å²) in [6.07, 6.45) is 5.21. The Kier molecular flexibility index (Phi) is 3.37. The molecular formula is C16H22N2. The van der Waals surface area contributed by atoms with E-state index in [1.54, 1.807) is 5.56 Å². The number of para-hydroxylation sites is 1. The van der Waals surface area contributed by atoms with Gasteiger partial charge in [-0.3, -0.25) is 4.90 Å². The van der Waals surface area contributed by atoms with Crippen LogP contribution >= 0.6 is 0 Å². The molecule has 1 aliphatic heterocycles. The fourth-order valence-electron chi connectivity index (χ4n) is 3.03. The van der Waals surface area contributed by atoms with Crippen molar-refractivity contribution >= 4 is 10.9 Å². The fourth-order valence-corrected chi connectivity index (χ4v) is 3.03. The van der Waals surface area contributed by atoms with Crippen LogP contribution in [0.5, 0.6) is 0 Å². The van der Waals surface area contributed by atoms with Crippen LogP contribution in [0.4, 0.5) is 0 Å². The molecule has 0 amide bonds. The highest BCUT2D eigenvalue weighted by atomic mass is 15.1. The minimum absolute atomic E-state index is 1.10. The summed E-state index contributed by atoms with van der Waals surface area (Å²) < 4.78 is 0. The molecule has 1 N–H and O–H groups in total. The summed E-state index contributed by atoms with van der Waals surface area (Å²) in [6.45, 7) is 5.85. The topological polar surface area (TPSA) is 19.0 Å². The molecule has 18 heavy (non-hydrogen) atoms. The molecule has 0 spiro atoms. The van der Waals surface area contributed by atoms with Crippen molar-refractivity contribution in [1.29, 1.82) is 0 Å². The maximum absolute atomic E-state index is 3.59. The summed E-state index contributed by atoms with van der Waals surface area (Å²) in [5.74, 6) is 0. The van der Waals surface area contributed by atoms with E-state index in [4.69, 9.17) is 0 Å². The molecule has 2 heteroatoms. The summed E-state index contributed by atoms with van der Waals surface area (Å²) in [7, 11) is 0. The smallest absolute Gasteiger partial charge is 0.0459 e. The van der Waals surface area contributed by atoms with Crippen LogP contribution in [-0.4, -0.2) is 23.0 Å². The van der Waals surface area contributed by atoms with Crippen LogP contribution < -0.4 is 0 Å². The van der Waals surface area contributed by atoms with E-state index in [0.29, 0.717) is 0 Å². The molecular weight excluding hydrogens is 220 g/mol. The summed E-state index contributed by atoms with van der Waals surface area (Å²) in [5, 5.41) is 1.43. The van der Waals surface area contributed by atoms with E-state index in [1.165, 1.54) is 55.4 Å². The number of unbranched alkanes of at least 4 members (excludes halogenated alkanes) is 2. The van der Waals surface area contributed by atoms with Crippen molar-refractivity contribution in [2.24, 2.45) is 0 Å². The van der Waals surface area contributed by atoms with Crippen molar-refractivity contribution in [1.82, 2.24) is 9.88 Å². The highest BCUT2D eigenvalue weighted by molar-refractivity contribution is 5.84. The third-order valence-corrected chi connectivity index (χ3v) is 4.04. The molecule has 0 radical (unpaired) electrons. The number of nitrogens with zero attached hydrogens (tertiary/aromatic N) is 1. The lowest BCUT2D eigenvalue weighted by atomic mass is 10.0. The molecule has 1 aromatic heterocycles. The van der Waals surface area contributed by atoms with Gasteiger partial charge in [-0.15, -0.1) is 0 Å². The highest BCUT2D eigenvalue weighted by Crippen LogP contribution is 2.27. The lowest BCUT2D eigenvalue weighted by Crippen LogP contribution is -2.31. The molecule has 0 fully saturated rings. The normalized spacial score (nSPS) is 16.1. The Bertz CT molecular complexity index is 527. The molecule has 0 bridgehead atoms. The lowest BCUT2D eigenvalue weighted by Gasteiger charge is -2.26. The lowest BCUT2D eigenvalue weighted by molar-refractivity contribution is 0.246. The van der Waals surface area contributed by atoms with E-state index in [1.807, 2.05) is 0 Å². The van der Waals surface area contributed by atoms with Crippen LogP contribution in [-0.2, 0) is 13.0 Å². The first-order valence-corrected chi connectivity index (χ1v) is 7.19. The van der Waals surface area contributed by atoms with Gasteiger partial charge in [0.2, 0.25) is 0 Å². The summed E-state index contributed by atoms with van der Waals surface area (Å²) >= 11 is 0. The molecule has 1 aliphatic rings. The van der Waals surface area contributed by atoms with E-state index in [-0.39, 0.29) is 0 Å². The van der Waals surface area contributed by atoms with Gasteiger partial charge >= 0.3 is 0 Å². The number of nitrogens with one attached hydrogen (secondary N) is 1. The monoisotopic (exact) mass is 242 g/mol. The van der Waals surface area contributed by atoms with Crippen molar-refractivity contribution in [3.63, 3.8) is 0 Å². The second-order valence-corrected chi connectivity index (χ2v) is 5.36. The molecule has 3 rings (SSSR count). The van der Waals surface area contributed by atoms with Crippen LogP contribution in [0.15, 0.2) is 24.3 Å². The molecule has 2 nitrogen and oxygen atoms in total. The van der Waals surface area contributed by atoms with E-state index in [2.05, 4.69) is 41.1 Å². The van der Waals surface area contributed by atoms with E-state index in [0.717, 1.165) is 6.54 Å². The van der Waals surface area contributed by atoms with Gasteiger partial charge in [0.15, 0.2) is 0 Å². The predicted molar refractivity (Wildman–Crippen MR) is 76.8 cm³/mol. The van der Waals surface area contributed by atoms with Crippen molar-refractivity contribution in [3.05, 3.63) is 35.5 Å². The predicted octanol–water partition coefficient (Wildman–Crippen LogP) is 3.72. The second kappa shape index (κ2) is 5.15. The number of fused-ring (bicyclic) bond motifs is 3. The molecule has 2 heterocycles. The van der Waals surface area contributed by atoms with Gasteiger partial charge in [-0.25, -0.2) is 0 Å². The van der Waals surface area contributed by atoms with Crippen LogP contribution in [0.2, 0.25) is 0 Å². The second-order valence-electron chi connectivity index (χ2n) is 5.36. The largest absolute Gasteiger partial charge is 0.357 e. The van der Waals surface area contributed by atoms with Crippen LogP contribution in [0.25, 0.3) is 10.9 Å². The first kappa shape index (κ1) is 11.8. The van der Waals surface area contributed by atoms with Crippen LogP contribution in [0, 0.1) is 0 Å². The number of hydrogen-bond donors (Lipinski definition) is 1. The van der Waals surface area contributed by atoms with Gasteiger partial charge in [-0.1, -0.05) is 38.0 Å². The van der Waals surface area contributed by atoms with Gasteiger partial charge in [-0.05, 0) is 31.0 Å². The van der Waals surface area contributed by atoms with Crippen molar-refractivity contribution in [2.45, 2.75) is 39.2 Å². The van der Waals surface area contributed by atoms with Gasteiger partial charge in [-0.2, -0.15) is 0 Å². The average Bonchev–Trinajstić information content (AvgIpc) is 2.76. The molecule has 2 aromatic rings. The number of hydrogen-bond acceptors (Lipinski definition) is 1. The minimum Gasteiger partial charge on any atom is -0.357 e. The Morgan fingerprint density at radius 1 is 1.22 bits per heavy atom. The summed E-state index contributed by atoms with van der Waals surface area (Å²) in [4.78, 5) is 6.19. The Labute approximate surface area is 109 Å². The fraction of sp³-hybridized carbons (Fsp3) is 0.500. The van der Waals surface area contributed by atoms with E-state index >= 15 is 0 Å². The Hall–Kier alpha value is -1.28. The van der Waals surface area contributed by atoms with Crippen LogP contribution in [0.1, 0.15) is 37.4 Å². The molecule has 96 valence electrons. The van der Waals surface area contributed by atoms with Crippen molar-refractivity contribution in [2.75, 3.05) is 13.1 Å². The Morgan fingerprint density at radius 2 is 2.11 bits per heavy atom. The molecule has 0 aliphatic carbocycles. The average molecular weight is 242 g/mol. The number of aromatic amines is 1. The zero-order chi connectivity index (χ0) is 12.4. The maximum Gasteiger partial charge on any atom is 0.0459 e. The zero-order valence-corrected chi connectivity index (χ0v) is 11.2. The number of aromatic nitrogens is 1. The molecule has 0 saturated heterocycles. The quantitative estimate of drug-likeness (QED) is 0.810.